The van der Waals surface area contributed by atoms with Gasteiger partial charge in [-0.3, -0.25) is 0 Å². The topological polar surface area (TPSA) is 21.3 Å². The van der Waals surface area contributed by atoms with Crippen molar-refractivity contribution in [3.05, 3.63) is 59.7 Å². The Morgan fingerprint density at radius 1 is 1.00 bits per heavy atom. The fraction of sp³-hybridized carbons (Fsp3) is 0.400. The van der Waals surface area contributed by atoms with E-state index in [1.165, 1.54) is 16.8 Å². The minimum absolute atomic E-state index is 0.591. The predicted octanol–water partition coefficient (Wildman–Crippen LogP) is 5.39. The molecule has 1 N–H and O–H groups in total. The number of ether oxygens (including phenoxy) is 1. The van der Waals surface area contributed by atoms with Crippen LogP contribution in [-0.4, -0.2) is 13.2 Å². The van der Waals surface area contributed by atoms with Gasteiger partial charge in [0.2, 0.25) is 0 Å². The van der Waals surface area contributed by atoms with E-state index in [-0.39, 0.29) is 0 Å². The van der Waals surface area contributed by atoms with Gasteiger partial charge in [0.1, 0.15) is 5.75 Å². The minimum Gasteiger partial charge on any atom is -0.494 e. The van der Waals surface area contributed by atoms with Gasteiger partial charge in [0.15, 0.2) is 0 Å². The predicted molar refractivity (Wildman–Crippen MR) is 94.9 cm³/mol. The SMILES string of the molecule is Cc1cccc(OCCCCNc2ccc(C(C)C)cc2)c1. The average Bonchev–Trinajstić information content (AvgIpc) is 2.51. The third-order valence-electron chi connectivity index (χ3n) is 3.74. The summed E-state index contributed by atoms with van der Waals surface area (Å²) < 4.78 is 5.75. The van der Waals surface area contributed by atoms with Gasteiger partial charge in [-0.15, -0.1) is 0 Å². The van der Waals surface area contributed by atoms with Gasteiger partial charge in [-0.2, -0.15) is 0 Å². The van der Waals surface area contributed by atoms with Gasteiger partial charge in [0.25, 0.3) is 0 Å². The molecule has 0 spiro atoms. The van der Waals surface area contributed by atoms with Crippen LogP contribution in [0.2, 0.25) is 0 Å². The molecule has 0 saturated heterocycles. The van der Waals surface area contributed by atoms with E-state index in [9.17, 15) is 0 Å². The Bertz CT molecular complexity index is 560. The minimum atomic E-state index is 0.591. The van der Waals surface area contributed by atoms with Crippen LogP contribution in [0.15, 0.2) is 48.5 Å². The highest BCUT2D eigenvalue weighted by Crippen LogP contribution is 2.17. The molecule has 22 heavy (non-hydrogen) atoms. The van der Waals surface area contributed by atoms with Crippen molar-refractivity contribution in [1.82, 2.24) is 0 Å². The van der Waals surface area contributed by atoms with Gasteiger partial charge in [0.05, 0.1) is 6.61 Å². The number of anilines is 1. The Morgan fingerprint density at radius 3 is 2.45 bits per heavy atom. The molecule has 0 saturated carbocycles. The maximum absolute atomic E-state index is 5.75. The molecule has 2 rings (SSSR count). The van der Waals surface area contributed by atoms with Crippen molar-refractivity contribution in [3.63, 3.8) is 0 Å². The van der Waals surface area contributed by atoms with Crippen molar-refractivity contribution in [3.8, 4) is 5.75 Å². The second kappa shape index (κ2) is 8.47. The van der Waals surface area contributed by atoms with Crippen molar-refractivity contribution in [2.45, 2.75) is 39.5 Å². The lowest BCUT2D eigenvalue weighted by molar-refractivity contribution is 0.308. The summed E-state index contributed by atoms with van der Waals surface area (Å²) in [5.74, 6) is 1.56. The Balaban J connectivity index is 1.61. The first-order valence-corrected chi connectivity index (χ1v) is 8.18. The van der Waals surface area contributed by atoms with Crippen LogP contribution in [0.5, 0.6) is 5.75 Å². The molecule has 0 aliphatic rings. The van der Waals surface area contributed by atoms with E-state index in [0.717, 1.165) is 31.7 Å². The summed E-state index contributed by atoms with van der Waals surface area (Å²) >= 11 is 0. The van der Waals surface area contributed by atoms with E-state index >= 15 is 0 Å². The van der Waals surface area contributed by atoms with Crippen LogP contribution in [-0.2, 0) is 0 Å². The van der Waals surface area contributed by atoms with E-state index in [4.69, 9.17) is 4.74 Å². The van der Waals surface area contributed by atoms with Crippen LogP contribution in [0.3, 0.4) is 0 Å². The van der Waals surface area contributed by atoms with Crippen molar-refractivity contribution < 1.29 is 4.74 Å². The first-order chi connectivity index (χ1) is 10.6. The molecule has 2 nitrogen and oxygen atoms in total. The normalized spacial score (nSPS) is 10.7. The summed E-state index contributed by atoms with van der Waals surface area (Å²) in [6, 6.07) is 16.9. The van der Waals surface area contributed by atoms with Gasteiger partial charge < -0.3 is 10.1 Å². The van der Waals surface area contributed by atoms with Gasteiger partial charge in [0, 0.05) is 12.2 Å². The monoisotopic (exact) mass is 297 g/mol. The highest BCUT2D eigenvalue weighted by Gasteiger charge is 1.99. The second-order valence-corrected chi connectivity index (χ2v) is 6.08. The van der Waals surface area contributed by atoms with Gasteiger partial charge in [-0.25, -0.2) is 0 Å². The van der Waals surface area contributed by atoms with Crippen LogP contribution in [0.1, 0.15) is 43.7 Å². The fourth-order valence-electron chi connectivity index (χ4n) is 2.34. The number of hydrogen-bond donors (Lipinski definition) is 1. The third kappa shape index (κ3) is 5.44. The van der Waals surface area contributed by atoms with Crippen LogP contribution < -0.4 is 10.1 Å². The molecule has 0 fully saturated rings. The number of nitrogens with one attached hydrogen (secondary N) is 1. The molecule has 0 amide bonds. The molecule has 0 aliphatic heterocycles. The largest absolute Gasteiger partial charge is 0.494 e. The summed E-state index contributed by atoms with van der Waals surface area (Å²) in [7, 11) is 0. The van der Waals surface area contributed by atoms with E-state index < -0.39 is 0 Å². The smallest absolute Gasteiger partial charge is 0.119 e. The number of unbranched alkanes of at least 4 members (excludes halogenated alkanes) is 1. The van der Waals surface area contributed by atoms with Crippen molar-refractivity contribution in [2.75, 3.05) is 18.5 Å². The molecule has 0 bridgehead atoms. The number of benzene rings is 2. The lowest BCUT2D eigenvalue weighted by Crippen LogP contribution is -2.05. The van der Waals surface area contributed by atoms with Crippen molar-refractivity contribution >= 4 is 5.69 Å². The summed E-state index contributed by atoms with van der Waals surface area (Å²) in [6.07, 6.45) is 2.17. The van der Waals surface area contributed by atoms with Gasteiger partial charge >= 0.3 is 0 Å². The van der Waals surface area contributed by atoms with E-state index in [1.807, 2.05) is 12.1 Å². The van der Waals surface area contributed by atoms with Crippen molar-refractivity contribution in [1.29, 1.82) is 0 Å². The quantitative estimate of drug-likeness (QED) is 0.660. The molecule has 118 valence electrons. The molecular formula is C20H27NO. The molecule has 0 unspecified atom stereocenters. The third-order valence-corrected chi connectivity index (χ3v) is 3.74. The Hall–Kier alpha value is -1.96. The molecule has 2 aromatic rings. The molecule has 2 heteroatoms. The summed E-state index contributed by atoms with van der Waals surface area (Å²) in [5, 5.41) is 3.46. The van der Waals surface area contributed by atoms with E-state index in [0.29, 0.717) is 5.92 Å². The van der Waals surface area contributed by atoms with Crippen molar-refractivity contribution in [2.24, 2.45) is 0 Å². The van der Waals surface area contributed by atoms with Crippen LogP contribution in [0, 0.1) is 6.92 Å². The fourth-order valence-corrected chi connectivity index (χ4v) is 2.34. The van der Waals surface area contributed by atoms with Crippen LogP contribution in [0.4, 0.5) is 5.69 Å². The zero-order chi connectivity index (χ0) is 15.8. The Kier molecular flexibility index (Phi) is 6.32. The van der Waals surface area contributed by atoms with E-state index in [2.05, 4.69) is 62.5 Å². The highest BCUT2D eigenvalue weighted by atomic mass is 16.5. The molecule has 0 aromatic heterocycles. The second-order valence-electron chi connectivity index (χ2n) is 6.08. The average molecular weight is 297 g/mol. The van der Waals surface area contributed by atoms with Crippen LogP contribution in [0.25, 0.3) is 0 Å². The molecule has 0 heterocycles. The van der Waals surface area contributed by atoms with Gasteiger partial charge in [-0.1, -0.05) is 38.1 Å². The lowest BCUT2D eigenvalue weighted by atomic mass is 10.0. The van der Waals surface area contributed by atoms with E-state index in [1.54, 1.807) is 0 Å². The van der Waals surface area contributed by atoms with Gasteiger partial charge in [-0.05, 0) is 61.1 Å². The molecule has 2 aromatic carbocycles. The zero-order valence-electron chi connectivity index (χ0n) is 13.9. The lowest BCUT2D eigenvalue weighted by Gasteiger charge is -2.10. The standard InChI is InChI=1S/C20H27NO/c1-16(2)18-9-11-19(12-10-18)21-13-4-5-14-22-20-8-6-7-17(3)15-20/h6-12,15-16,21H,4-5,13-14H2,1-3H3. The first kappa shape index (κ1) is 16.4. The maximum Gasteiger partial charge on any atom is 0.119 e. The number of rotatable bonds is 8. The summed E-state index contributed by atoms with van der Waals surface area (Å²) in [6.45, 7) is 8.28. The Labute approximate surface area is 134 Å². The highest BCUT2D eigenvalue weighted by molar-refractivity contribution is 5.45. The molecule has 0 aliphatic carbocycles. The Morgan fingerprint density at radius 2 is 1.77 bits per heavy atom. The summed E-state index contributed by atoms with van der Waals surface area (Å²) in [4.78, 5) is 0. The number of hydrogen-bond acceptors (Lipinski definition) is 2. The van der Waals surface area contributed by atoms with Crippen LogP contribution >= 0.6 is 0 Å². The molecular weight excluding hydrogens is 270 g/mol. The molecule has 0 atom stereocenters. The number of aryl methyl sites for hydroxylation is 1. The maximum atomic E-state index is 5.75. The molecule has 0 radical (unpaired) electrons. The zero-order valence-corrected chi connectivity index (χ0v) is 13.9. The summed E-state index contributed by atoms with van der Waals surface area (Å²) in [5.41, 5.74) is 3.82. The first-order valence-electron chi connectivity index (χ1n) is 8.18.